The fourth-order valence-electron chi connectivity index (χ4n) is 2.60. The first kappa shape index (κ1) is 16.8. The van der Waals surface area contributed by atoms with Crippen LogP contribution in [0.3, 0.4) is 0 Å². The molecule has 2 aromatic rings. The van der Waals surface area contributed by atoms with E-state index in [-0.39, 0.29) is 24.1 Å². The van der Waals surface area contributed by atoms with Gasteiger partial charge in [-0.05, 0) is 36.8 Å². The number of benzene rings is 2. The summed E-state index contributed by atoms with van der Waals surface area (Å²) in [5.74, 6) is -0.853. The highest BCUT2D eigenvalue weighted by Gasteiger charge is 2.29. The Morgan fingerprint density at radius 1 is 1.12 bits per heavy atom. The predicted molar refractivity (Wildman–Crippen MR) is 93.6 cm³/mol. The molecular formula is C19H18FN3O2. The first-order valence-electron chi connectivity index (χ1n) is 8.06. The van der Waals surface area contributed by atoms with Crippen LogP contribution in [-0.4, -0.2) is 28.6 Å². The van der Waals surface area contributed by atoms with Gasteiger partial charge < -0.3 is 5.32 Å². The van der Waals surface area contributed by atoms with E-state index >= 15 is 0 Å². The van der Waals surface area contributed by atoms with Crippen LogP contribution in [0.25, 0.3) is 0 Å². The van der Waals surface area contributed by atoms with Gasteiger partial charge in [0.05, 0.1) is 5.71 Å². The SMILES string of the molecule is CC(C(=O)Nc1ccccc1)N1N=C(c2ccc(F)cc2)CCC1=O. The number of amides is 2. The predicted octanol–water partition coefficient (Wildman–Crippen LogP) is 3.18. The molecule has 0 saturated carbocycles. The van der Waals surface area contributed by atoms with Crippen LogP contribution in [0.1, 0.15) is 25.3 Å². The van der Waals surface area contributed by atoms with Gasteiger partial charge in [0.15, 0.2) is 0 Å². The Kier molecular flexibility index (Phi) is 4.88. The molecule has 0 fully saturated rings. The van der Waals surface area contributed by atoms with Gasteiger partial charge in [0.2, 0.25) is 11.8 Å². The maximum atomic E-state index is 13.1. The molecule has 1 N–H and O–H groups in total. The molecule has 1 atom stereocenters. The molecule has 1 heterocycles. The van der Waals surface area contributed by atoms with Gasteiger partial charge in [-0.15, -0.1) is 0 Å². The van der Waals surface area contributed by atoms with Crippen LogP contribution in [0.15, 0.2) is 59.7 Å². The third-order valence-electron chi connectivity index (χ3n) is 4.02. The Labute approximate surface area is 145 Å². The highest BCUT2D eigenvalue weighted by atomic mass is 19.1. The summed E-state index contributed by atoms with van der Waals surface area (Å²) in [5.41, 5.74) is 2.07. The minimum atomic E-state index is -0.747. The fourth-order valence-corrected chi connectivity index (χ4v) is 2.60. The van der Waals surface area contributed by atoms with Crippen LogP contribution in [-0.2, 0) is 9.59 Å². The van der Waals surface area contributed by atoms with Crippen LogP contribution >= 0.6 is 0 Å². The van der Waals surface area contributed by atoms with E-state index < -0.39 is 6.04 Å². The van der Waals surface area contributed by atoms with E-state index in [2.05, 4.69) is 10.4 Å². The Hall–Kier alpha value is -3.02. The number of nitrogens with zero attached hydrogens (tertiary/aromatic N) is 2. The Balaban J connectivity index is 1.78. The third-order valence-corrected chi connectivity index (χ3v) is 4.02. The summed E-state index contributed by atoms with van der Waals surface area (Å²) >= 11 is 0. The molecule has 0 saturated heterocycles. The summed E-state index contributed by atoms with van der Waals surface area (Å²) in [6.45, 7) is 1.63. The number of hydrazone groups is 1. The maximum absolute atomic E-state index is 13.1. The van der Waals surface area contributed by atoms with Crippen LogP contribution in [0.5, 0.6) is 0 Å². The smallest absolute Gasteiger partial charge is 0.249 e. The van der Waals surface area contributed by atoms with Crippen molar-refractivity contribution in [2.24, 2.45) is 5.10 Å². The van der Waals surface area contributed by atoms with Crippen molar-refractivity contribution >= 4 is 23.2 Å². The number of hydrogen-bond acceptors (Lipinski definition) is 3. The number of carbonyl (C=O) groups excluding carboxylic acids is 2. The lowest BCUT2D eigenvalue weighted by molar-refractivity contribution is -0.138. The molecule has 25 heavy (non-hydrogen) atoms. The fraction of sp³-hybridized carbons (Fsp3) is 0.211. The summed E-state index contributed by atoms with van der Waals surface area (Å²) in [6, 6.07) is 14.2. The number of carbonyl (C=O) groups is 2. The number of rotatable bonds is 4. The topological polar surface area (TPSA) is 61.8 Å². The van der Waals surface area contributed by atoms with Gasteiger partial charge in [0.25, 0.3) is 0 Å². The third kappa shape index (κ3) is 3.91. The van der Waals surface area contributed by atoms with Crippen molar-refractivity contribution in [1.29, 1.82) is 0 Å². The van der Waals surface area contributed by atoms with E-state index in [0.717, 1.165) is 5.56 Å². The molecule has 0 bridgehead atoms. The highest BCUT2D eigenvalue weighted by molar-refractivity contribution is 6.05. The van der Waals surface area contributed by atoms with Crippen molar-refractivity contribution in [3.63, 3.8) is 0 Å². The zero-order valence-corrected chi connectivity index (χ0v) is 13.8. The van der Waals surface area contributed by atoms with Crippen molar-refractivity contribution in [2.45, 2.75) is 25.8 Å². The molecule has 0 radical (unpaired) electrons. The highest BCUT2D eigenvalue weighted by Crippen LogP contribution is 2.18. The number of halogens is 1. The zero-order chi connectivity index (χ0) is 17.8. The molecule has 0 aliphatic carbocycles. The summed E-state index contributed by atoms with van der Waals surface area (Å²) < 4.78 is 13.1. The van der Waals surface area contributed by atoms with Crippen LogP contribution in [0.2, 0.25) is 0 Å². The summed E-state index contributed by atoms with van der Waals surface area (Å²) in [6.07, 6.45) is 0.729. The zero-order valence-electron chi connectivity index (χ0n) is 13.8. The molecule has 0 aromatic heterocycles. The van der Waals surface area contributed by atoms with Gasteiger partial charge in [0.1, 0.15) is 11.9 Å². The molecule has 2 aromatic carbocycles. The Bertz CT molecular complexity index is 803. The van der Waals surface area contributed by atoms with Crippen LogP contribution in [0, 0.1) is 5.82 Å². The Morgan fingerprint density at radius 2 is 1.80 bits per heavy atom. The molecule has 3 rings (SSSR count). The van der Waals surface area contributed by atoms with Gasteiger partial charge in [-0.3, -0.25) is 9.59 Å². The van der Waals surface area contributed by atoms with Gasteiger partial charge in [-0.25, -0.2) is 9.40 Å². The molecular weight excluding hydrogens is 321 g/mol. The van der Waals surface area contributed by atoms with Crippen molar-refractivity contribution in [3.8, 4) is 0 Å². The lowest BCUT2D eigenvalue weighted by Gasteiger charge is -2.28. The molecule has 1 unspecified atom stereocenters. The first-order chi connectivity index (χ1) is 12.0. The normalized spacial score (nSPS) is 15.5. The monoisotopic (exact) mass is 339 g/mol. The second-order valence-electron chi connectivity index (χ2n) is 5.82. The van der Waals surface area contributed by atoms with E-state index in [1.165, 1.54) is 17.1 Å². The van der Waals surface area contributed by atoms with E-state index in [9.17, 15) is 14.0 Å². The van der Waals surface area contributed by atoms with Crippen LogP contribution < -0.4 is 5.32 Å². The number of para-hydroxylation sites is 1. The van der Waals surface area contributed by atoms with Crippen molar-refractivity contribution < 1.29 is 14.0 Å². The van der Waals surface area contributed by atoms with Crippen molar-refractivity contribution in [1.82, 2.24) is 5.01 Å². The van der Waals surface area contributed by atoms with E-state index in [1.807, 2.05) is 18.2 Å². The average molecular weight is 339 g/mol. The van der Waals surface area contributed by atoms with Gasteiger partial charge in [0, 0.05) is 18.5 Å². The minimum absolute atomic E-state index is 0.207. The van der Waals surface area contributed by atoms with Gasteiger partial charge in [-0.1, -0.05) is 30.3 Å². The van der Waals surface area contributed by atoms with Crippen LogP contribution in [0.4, 0.5) is 10.1 Å². The number of anilines is 1. The maximum Gasteiger partial charge on any atom is 0.249 e. The Morgan fingerprint density at radius 3 is 2.48 bits per heavy atom. The van der Waals surface area contributed by atoms with Crippen molar-refractivity contribution in [2.75, 3.05) is 5.32 Å². The summed E-state index contributed by atoms with van der Waals surface area (Å²) in [4.78, 5) is 24.6. The second kappa shape index (κ2) is 7.25. The largest absolute Gasteiger partial charge is 0.324 e. The molecule has 1 aliphatic rings. The molecule has 6 heteroatoms. The van der Waals surface area contributed by atoms with E-state index in [1.54, 1.807) is 31.2 Å². The lowest BCUT2D eigenvalue weighted by Crippen LogP contribution is -2.44. The lowest BCUT2D eigenvalue weighted by atomic mass is 10.0. The quantitative estimate of drug-likeness (QED) is 0.930. The number of hydrogen-bond donors (Lipinski definition) is 1. The molecule has 128 valence electrons. The summed E-state index contributed by atoms with van der Waals surface area (Å²) in [7, 11) is 0. The second-order valence-corrected chi connectivity index (χ2v) is 5.82. The van der Waals surface area contributed by atoms with E-state index in [4.69, 9.17) is 0 Å². The standard InChI is InChI=1S/C19H18FN3O2/c1-13(19(25)21-16-5-3-2-4-6-16)23-18(24)12-11-17(22-23)14-7-9-15(20)10-8-14/h2-10,13H,11-12H2,1H3,(H,21,25). The van der Waals surface area contributed by atoms with Crippen molar-refractivity contribution in [3.05, 3.63) is 66.0 Å². The summed E-state index contributed by atoms with van der Waals surface area (Å²) in [5, 5.41) is 8.32. The van der Waals surface area contributed by atoms with Gasteiger partial charge >= 0.3 is 0 Å². The van der Waals surface area contributed by atoms with Gasteiger partial charge in [-0.2, -0.15) is 5.10 Å². The average Bonchev–Trinajstić information content (AvgIpc) is 2.63. The molecule has 5 nitrogen and oxygen atoms in total. The first-order valence-corrected chi connectivity index (χ1v) is 8.06. The minimum Gasteiger partial charge on any atom is -0.324 e. The molecule has 0 spiro atoms. The van der Waals surface area contributed by atoms with E-state index in [0.29, 0.717) is 17.8 Å². The molecule has 1 aliphatic heterocycles. The molecule has 2 amide bonds. The number of nitrogens with one attached hydrogen (secondary N) is 1.